The molecule has 8 N–H and O–H groups in total. The SMILES string of the molecule is Cc1cc(C(=O)Nc2cc([C@H](NCC3CC3)c3cccc(C#N)c3)ccc2F)n(-c2cccc(CN)c2)n1.Cc1cc(C(=O)Nc2cc([C@H](NCC3CC3)c3cccc(C#N)c3)ccc2F)n(-c2cccc(CN)c2)n1. The Morgan fingerprint density at radius 1 is 0.566 bits per heavy atom. The van der Waals surface area contributed by atoms with Gasteiger partial charge in [-0.15, -0.1) is 0 Å². The Bertz CT molecular complexity index is 3260. The molecule has 2 heterocycles. The summed E-state index contributed by atoms with van der Waals surface area (Å²) in [5, 5.41) is 40.4. The lowest BCUT2D eigenvalue weighted by Crippen LogP contribution is -2.25. The van der Waals surface area contributed by atoms with Crippen molar-refractivity contribution in [1.29, 1.82) is 10.5 Å². The van der Waals surface area contributed by atoms with Gasteiger partial charge in [0, 0.05) is 13.1 Å². The molecule has 2 amide bonds. The van der Waals surface area contributed by atoms with Gasteiger partial charge in [0.05, 0.1) is 69.5 Å². The van der Waals surface area contributed by atoms with Crippen LogP contribution in [0.5, 0.6) is 0 Å². The number of nitrogens with zero attached hydrogens (tertiary/aromatic N) is 6. The molecule has 0 spiro atoms. The zero-order valence-corrected chi connectivity index (χ0v) is 42.2. The van der Waals surface area contributed by atoms with Gasteiger partial charge in [0.1, 0.15) is 23.0 Å². The van der Waals surface area contributed by atoms with Crippen LogP contribution in [0, 0.1) is 60.0 Å². The van der Waals surface area contributed by atoms with Crippen LogP contribution in [0.3, 0.4) is 0 Å². The zero-order valence-electron chi connectivity index (χ0n) is 42.2. The molecular weight excluding hydrogens is 959 g/mol. The fourth-order valence-corrected chi connectivity index (χ4v) is 9.00. The summed E-state index contributed by atoms with van der Waals surface area (Å²) < 4.78 is 33.0. The van der Waals surface area contributed by atoms with Crippen LogP contribution in [-0.4, -0.2) is 44.5 Å². The third-order valence-corrected chi connectivity index (χ3v) is 13.4. The van der Waals surface area contributed by atoms with Gasteiger partial charge in [-0.25, -0.2) is 18.1 Å². The van der Waals surface area contributed by atoms with Gasteiger partial charge in [0.25, 0.3) is 11.8 Å². The predicted molar refractivity (Wildman–Crippen MR) is 289 cm³/mol. The first-order valence-electron chi connectivity index (χ1n) is 25.3. The van der Waals surface area contributed by atoms with Gasteiger partial charge >= 0.3 is 0 Å². The number of aromatic nitrogens is 4. The highest BCUT2D eigenvalue weighted by molar-refractivity contribution is 6.04. The molecule has 8 aromatic rings. The van der Waals surface area contributed by atoms with Gasteiger partial charge in [-0.3, -0.25) is 9.59 Å². The van der Waals surface area contributed by atoms with Gasteiger partial charge in [-0.05, 0) is 183 Å². The van der Waals surface area contributed by atoms with E-state index in [0.29, 0.717) is 58.8 Å². The molecule has 2 aliphatic carbocycles. The number of anilines is 2. The quantitative estimate of drug-likeness (QED) is 0.0478. The summed E-state index contributed by atoms with van der Waals surface area (Å²) in [4.78, 5) is 26.7. The first-order chi connectivity index (χ1) is 36.9. The van der Waals surface area contributed by atoms with Crippen molar-refractivity contribution >= 4 is 23.2 Å². The number of hydrogen-bond donors (Lipinski definition) is 6. The van der Waals surface area contributed by atoms with Crippen molar-refractivity contribution in [2.75, 3.05) is 23.7 Å². The number of nitrogens with two attached hydrogens (primary N) is 2. The van der Waals surface area contributed by atoms with Crippen molar-refractivity contribution < 1.29 is 18.4 Å². The highest BCUT2D eigenvalue weighted by atomic mass is 19.1. The second-order valence-electron chi connectivity index (χ2n) is 19.3. The van der Waals surface area contributed by atoms with E-state index in [9.17, 15) is 28.9 Å². The van der Waals surface area contributed by atoms with E-state index >= 15 is 0 Å². The van der Waals surface area contributed by atoms with Crippen LogP contribution in [0.15, 0.2) is 146 Å². The average Bonchev–Trinajstić information content (AvgIpc) is 4.38. The summed E-state index contributed by atoms with van der Waals surface area (Å²) in [5.74, 6) is -0.791. The van der Waals surface area contributed by atoms with Crippen molar-refractivity contribution in [2.24, 2.45) is 23.3 Å². The number of hydrogen-bond acceptors (Lipinski definition) is 10. The monoisotopic (exact) mass is 1020 g/mol. The first kappa shape index (κ1) is 52.2. The predicted octanol–water partition coefficient (Wildman–Crippen LogP) is 9.98. The number of aryl methyl sites for hydroxylation is 2. The molecule has 2 aromatic heterocycles. The molecule has 2 aliphatic rings. The third-order valence-electron chi connectivity index (χ3n) is 13.4. The lowest BCUT2D eigenvalue weighted by molar-refractivity contribution is 0.101. The summed E-state index contributed by atoms with van der Waals surface area (Å²) in [6.45, 7) is 5.96. The molecule has 0 bridgehead atoms. The molecule has 0 saturated heterocycles. The Morgan fingerprint density at radius 3 is 1.34 bits per heavy atom. The third kappa shape index (κ3) is 12.8. The van der Waals surface area contributed by atoms with Crippen LogP contribution in [0.25, 0.3) is 11.4 Å². The highest BCUT2D eigenvalue weighted by Gasteiger charge is 2.27. The number of carbonyl (C=O) groups excluding carboxylic acids is 2. The Balaban J connectivity index is 0.000000186. The maximum Gasteiger partial charge on any atom is 0.274 e. The summed E-state index contributed by atoms with van der Waals surface area (Å²) in [6, 6.07) is 46.3. The van der Waals surface area contributed by atoms with Crippen molar-refractivity contribution in [2.45, 2.75) is 64.7 Å². The molecule has 2 saturated carbocycles. The van der Waals surface area contributed by atoms with E-state index in [4.69, 9.17) is 11.5 Å². The van der Waals surface area contributed by atoms with E-state index in [-0.39, 0.29) is 34.8 Å². The number of rotatable bonds is 18. The van der Waals surface area contributed by atoms with Crippen molar-refractivity contribution in [1.82, 2.24) is 30.2 Å². The lowest BCUT2D eigenvalue weighted by Gasteiger charge is -2.21. The van der Waals surface area contributed by atoms with Crippen molar-refractivity contribution in [3.8, 4) is 23.5 Å². The Morgan fingerprint density at radius 2 is 0.961 bits per heavy atom. The van der Waals surface area contributed by atoms with E-state index in [1.165, 1.54) is 37.8 Å². The Kier molecular flexibility index (Phi) is 16.3. The summed E-state index contributed by atoms with van der Waals surface area (Å²) in [6.07, 6.45) is 4.74. The second-order valence-corrected chi connectivity index (χ2v) is 19.3. The van der Waals surface area contributed by atoms with Gasteiger partial charge in [0.15, 0.2) is 0 Å². The number of nitriles is 2. The molecule has 10 rings (SSSR count). The fourth-order valence-electron chi connectivity index (χ4n) is 9.00. The molecular formula is C60H58F2N12O2. The number of benzene rings is 6. The van der Waals surface area contributed by atoms with Gasteiger partial charge < -0.3 is 32.7 Å². The number of nitrogens with one attached hydrogen (secondary N) is 4. The molecule has 0 unspecified atom stereocenters. The summed E-state index contributed by atoms with van der Waals surface area (Å²) in [5.41, 5.74) is 21.3. The van der Waals surface area contributed by atoms with E-state index < -0.39 is 23.4 Å². The normalized spacial score (nSPS) is 13.6. The van der Waals surface area contributed by atoms with E-state index in [0.717, 1.165) is 46.5 Å². The van der Waals surface area contributed by atoms with E-state index in [1.54, 1.807) is 71.7 Å². The fraction of sp³-hybridized carbons (Fsp3) is 0.233. The van der Waals surface area contributed by atoms with Crippen molar-refractivity contribution in [3.63, 3.8) is 0 Å². The number of amides is 2. The maximum absolute atomic E-state index is 15.0. The Hall–Kier alpha value is -8.64. The molecule has 0 aliphatic heterocycles. The molecule has 6 aromatic carbocycles. The molecule has 76 heavy (non-hydrogen) atoms. The Labute approximate surface area is 440 Å². The van der Waals surface area contributed by atoms with E-state index in [2.05, 4.69) is 43.6 Å². The standard InChI is InChI=1S/2C30H29FN6O/c2*1-19-12-28(37(36-19)25-7-3-5-22(14-25)17-33)30(38)35-27-15-24(10-11-26(27)31)29(34-18-20-8-9-20)23-6-2-4-21(13-23)16-32/h2*2-7,10-15,20,29,34H,8-9,17-18,33H2,1H3,(H,35,38)/t2*29-/m11/s1. The van der Waals surface area contributed by atoms with Crippen LogP contribution in [0.2, 0.25) is 0 Å². The van der Waals surface area contributed by atoms with Crippen LogP contribution in [-0.2, 0) is 13.1 Å². The minimum atomic E-state index is -0.540. The maximum atomic E-state index is 15.0. The van der Waals surface area contributed by atoms with Crippen LogP contribution >= 0.6 is 0 Å². The lowest BCUT2D eigenvalue weighted by atomic mass is 9.96. The molecule has 2 atom stereocenters. The van der Waals surface area contributed by atoms with Crippen LogP contribution in [0.4, 0.5) is 20.2 Å². The molecule has 2 fully saturated rings. The second kappa shape index (κ2) is 23.7. The van der Waals surface area contributed by atoms with Crippen LogP contribution in [0.1, 0.15) is 115 Å². The topological polar surface area (TPSA) is 218 Å². The minimum Gasteiger partial charge on any atom is -0.326 e. The van der Waals surface area contributed by atoms with Crippen molar-refractivity contribution in [3.05, 3.63) is 225 Å². The van der Waals surface area contributed by atoms with Crippen LogP contribution < -0.4 is 32.7 Å². The number of halogens is 2. The molecule has 384 valence electrons. The van der Waals surface area contributed by atoms with Gasteiger partial charge in [0.2, 0.25) is 0 Å². The van der Waals surface area contributed by atoms with Gasteiger partial charge in [-0.1, -0.05) is 60.7 Å². The first-order valence-corrected chi connectivity index (χ1v) is 25.3. The highest BCUT2D eigenvalue weighted by Crippen LogP contribution is 2.34. The molecule has 14 nitrogen and oxygen atoms in total. The van der Waals surface area contributed by atoms with E-state index in [1.807, 2.05) is 84.9 Å². The van der Waals surface area contributed by atoms with Gasteiger partial charge in [-0.2, -0.15) is 20.7 Å². The average molecular weight is 1020 g/mol. The smallest absolute Gasteiger partial charge is 0.274 e. The molecule has 16 heteroatoms. The zero-order chi connectivity index (χ0) is 53.3. The number of carbonyl (C=O) groups is 2. The molecule has 0 radical (unpaired) electrons. The summed E-state index contributed by atoms with van der Waals surface area (Å²) >= 11 is 0. The minimum absolute atomic E-state index is 0.0725. The largest absolute Gasteiger partial charge is 0.326 e. The summed E-state index contributed by atoms with van der Waals surface area (Å²) in [7, 11) is 0.